The van der Waals surface area contributed by atoms with Crippen molar-refractivity contribution in [3.63, 3.8) is 0 Å². The highest BCUT2D eigenvalue weighted by Gasteiger charge is 2.19. The summed E-state index contributed by atoms with van der Waals surface area (Å²) in [4.78, 5) is 10.5. The minimum atomic E-state index is -3.78. The molecule has 0 aromatic heterocycles. The first kappa shape index (κ1) is 12.9. The number of hydrogen-bond donors (Lipinski definition) is 1. The molecule has 2 N–H and O–H groups in total. The van der Waals surface area contributed by atoms with Crippen molar-refractivity contribution in [1.82, 2.24) is 0 Å². The van der Waals surface area contributed by atoms with Gasteiger partial charge in [-0.2, -0.15) is 0 Å². The summed E-state index contributed by atoms with van der Waals surface area (Å²) in [5.74, 6) is -3.16. The van der Waals surface area contributed by atoms with Crippen LogP contribution in [0.5, 0.6) is 0 Å². The van der Waals surface area contributed by atoms with E-state index >= 15 is 0 Å². The van der Waals surface area contributed by atoms with Crippen molar-refractivity contribution in [2.45, 2.75) is 5.75 Å². The standard InChI is InChI=1S/C9H9ClFNO3S/c10-7-2-1-3-8(11)6(7)4-16(14,15)5-9(12)13/h1-3H,4-5H2,(H2,12,13). The predicted octanol–water partition coefficient (Wildman–Crippen LogP) is 0.879. The molecule has 0 atom stereocenters. The van der Waals surface area contributed by atoms with E-state index in [-0.39, 0.29) is 10.6 Å². The Kier molecular flexibility index (Phi) is 3.88. The van der Waals surface area contributed by atoms with Gasteiger partial charge in [-0.15, -0.1) is 0 Å². The first-order valence-corrected chi connectivity index (χ1v) is 6.43. The number of hydrogen-bond acceptors (Lipinski definition) is 3. The van der Waals surface area contributed by atoms with Crippen LogP contribution in [0.3, 0.4) is 0 Å². The van der Waals surface area contributed by atoms with Gasteiger partial charge in [-0.3, -0.25) is 4.79 Å². The van der Waals surface area contributed by atoms with E-state index in [1.165, 1.54) is 12.1 Å². The Balaban J connectivity index is 3.01. The van der Waals surface area contributed by atoms with E-state index in [9.17, 15) is 17.6 Å². The summed E-state index contributed by atoms with van der Waals surface area (Å²) < 4.78 is 36.0. The molecule has 0 saturated heterocycles. The molecule has 0 heterocycles. The van der Waals surface area contributed by atoms with Gasteiger partial charge in [0.05, 0.1) is 5.75 Å². The summed E-state index contributed by atoms with van der Waals surface area (Å²) in [6.07, 6.45) is 0. The molecule has 0 saturated carbocycles. The average molecular weight is 266 g/mol. The van der Waals surface area contributed by atoms with Crippen molar-refractivity contribution >= 4 is 27.3 Å². The lowest BCUT2D eigenvalue weighted by molar-refractivity contribution is -0.115. The van der Waals surface area contributed by atoms with Crippen molar-refractivity contribution in [2.75, 3.05) is 5.75 Å². The van der Waals surface area contributed by atoms with E-state index < -0.39 is 33.1 Å². The van der Waals surface area contributed by atoms with Crippen molar-refractivity contribution in [2.24, 2.45) is 5.73 Å². The maximum Gasteiger partial charge on any atom is 0.232 e. The minimum Gasteiger partial charge on any atom is -0.369 e. The number of primary amides is 1. The Labute approximate surface area is 97.1 Å². The first-order valence-electron chi connectivity index (χ1n) is 4.23. The Hall–Kier alpha value is -1.14. The normalized spacial score (nSPS) is 11.4. The molecule has 0 bridgehead atoms. The molecular formula is C9H9ClFNO3S. The number of carbonyl (C=O) groups excluding carboxylic acids is 1. The summed E-state index contributed by atoms with van der Waals surface area (Å²) in [7, 11) is -3.78. The van der Waals surface area contributed by atoms with Gasteiger partial charge in [-0.05, 0) is 12.1 Å². The van der Waals surface area contributed by atoms with Gasteiger partial charge < -0.3 is 5.73 Å². The molecule has 88 valence electrons. The number of benzene rings is 1. The van der Waals surface area contributed by atoms with E-state index in [2.05, 4.69) is 0 Å². The maximum atomic E-state index is 13.3. The molecule has 0 spiro atoms. The summed E-state index contributed by atoms with van der Waals surface area (Å²) in [5.41, 5.74) is 4.62. The van der Waals surface area contributed by atoms with E-state index in [1.807, 2.05) is 0 Å². The lowest BCUT2D eigenvalue weighted by atomic mass is 10.2. The minimum absolute atomic E-state index is 0.00745. The molecule has 0 aliphatic rings. The first-order chi connectivity index (χ1) is 7.32. The van der Waals surface area contributed by atoms with Crippen LogP contribution in [-0.4, -0.2) is 20.1 Å². The molecule has 7 heteroatoms. The van der Waals surface area contributed by atoms with Crippen LogP contribution in [0, 0.1) is 5.82 Å². The molecule has 0 radical (unpaired) electrons. The van der Waals surface area contributed by atoms with Crippen molar-refractivity contribution in [3.05, 3.63) is 34.6 Å². The monoisotopic (exact) mass is 265 g/mol. The predicted molar refractivity (Wildman–Crippen MR) is 58.1 cm³/mol. The second kappa shape index (κ2) is 4.80. The van der Waals surface area contributed by atoms with Gasteiger partial charge >= 0.3 is 0 Å². The number of amides is 1. The Bertz CT molecular complexity index is 495. The summed E-state index contributed by atoms with van der Waals surface area (Å²) in [6.45, 7) is 0. The quantitative estimate of drug-likeness (QED) is 0.878. The van der Waals surface area contributed by atoms with Crippen LogP contribution >= 0.6 is 11.6 Å². The van der Waals surface area contributed by atoms with Crippen molar-refractivity contribution < 1.29 is 17.6 Å². The summed E-state index contributed by atoms with van der Waals surface area (Å²) >= 11 is 5.65. The van der Waals surface area contributed by atoms with Gasteiger partial charge in [0.25, 0.3) is 0 Å². The molecule has 0 aliphatic heterocycles. The lowest BCUT2D eigenvalue weighted by Gasteiger charge is -2.05. The molecule has 0 fully saturated rings. The molecule has 4 nitrogen and oxygen atoms in total. The zero-order chi connectivity index (χ0) is 12.3. The molecular weight excluding hydrogens is 257 g/mol. The van der Waals surface area contributed by atoms with Gasteiger partial charge in [-0.1, -0.05) is 17.7 Å². The van der Waals surface area contributed by atoms with E-state index in [0.29, 0.717) is 0 Å². The van der Waals surface area contributed by atoms with Crippen molar-refractivity contribution in [3.8, 4) is 0 Å². The summed E-state index contributed by atoms with van der Waals surface area (Å²) in [6, 6.07) is 3.84. The van der Waals surface area contributed by atoms with Gasteiger partial charge in [0, 0.05) is 10.6 Å². The third kappa shape index (κ3) is 3.46. The highest BCUT2D eigenvalue weighted by atomic mass is 35.5. The second-order valence-corrected chi connectivity index (χ2v) is 5.67. The lowest BCUT2D eigenvalue weighted by Crippen LogP contribution is -2.24. The highest BCUT2D eigenvalue weighted by Crippen LogP contribution is 2.21. The maximum absolute atomic E-state index is 13.3. The number of halogens is 2. The highest BCUT2D eigenvalue weighted by molar-refractivity contribution is 7.91. The van der Waals surface area contributed by atoms with E-state index in [0.717, 1.165) is 6.07 Å². The number of nitrogens with two attached hydrogens (primary N) is 1. The summed E-state index contributed by atoms with van der Waals surface area (Å²) in [5, 5.41) is 0.00745. The number of carbonyl (C=O) groups is 1. The van der Waals surface area contributed by atoms with Gasteiger partial charge in [0.15, 0.2) is 9.84 Å². The molecule has 0 unspecified atom stereocenters. The third-order valence-corrected chi connectivity index (χ3v) is 3.60. The fourth-order valence-electron chi connectivity index (χ4n) is 1.16. The zero-order valence-electron chi connectivity index (χ0n) is 8.11. The molecule has 16 heavy (non-hydrogen) atoms. The van der Waals surface area contributed by atoms with Crippen LogP contribution in [0.25, 0.3) is 0 Å². The van der Waals surface area contributed by atoms with Crippen LogP contribution < -0.4 is 5.73 Å². The zero-order valence-corrected chi connectivity index (χ0v) is 9.68. The smallest absolute Gasteiger partial charge is 0.232 e. The average Bonchev–Trinajstić information content (AvgIpc) is 2.09. The number of sulfone groups is 1. The largest absolute Gasteiger partial charge is 0.369 e. The molecule has 1 aromatic carbocycles. The van der Waals surface area contributed by atoms with E-state index in [4.69, 9.17) is 17.3 Å². The van der Waals surface area contributed by atoms with Crippen LogP contribution in [0.4, 0.5) is 4.39 Å². The Morgan fingerprint density at radius 2 is 2.06 bits per heavy atom. The topological polar surface area (TPSA) is 77.2 Å². The third-order valence-electron chi connectivity index (χ3n) is 1.79. The number of rotatable bonds is 4. The van der Waals surface area contributed by atoms with E-state index in [1.54, 1.807) is 0 Å². The van der Waals surface area contributed by atoms with Crippen LogP contribution in [-0.2, 0) is 20.4 Å². The van der Waals surface area contributed by atoms with Gasteiger partial charge in [0.1, 0.15) is 11.6 Å². The fourth-order valence-corrected chi connectivity index (χ4v) is 2.74. The van der Waals surface area contributed by atoms with Gasteiger partial charge in [0.2, 0.25) is 5.91 Å². The fraction of sp³-hybridized carbons (Fsp3) is 0.222. The Morgan fingerprint density at radius 3 is 2.56 bits per heavy atom. The SMILES string of the molecule is NC(=O)CS(=O)(=O)Cc1c(F)cccc1Cl. The van der Waals surface area contributed by atoms with Crippen molar-refractivity contribution in [1.29, 1.82) is 0 Å². The molecule has 1 amide bonds. The van der Waals surface area contributed by atoms with Gasteiger partial charge in [-0.25, -0.2) is 12.8 Å². The molecule has 1 rings (SSSR count). The van der Waals surface area contributed by atoms with Crippen LogP contribution in [0.2, 0.25) is 5.02 Å². The van der Waals surface area contributed by atoms with Crippen LogP contribution in [0.1, 0.15) is 5.56 Å². The molecule has 1 aromatic rings. The second-order valence-electron chi connectivity index (χ2n) is 3.20. The van der Waals surface area contributed by atoms with Crippen LogP contribution in [0.15, 0.2) is 18.2 Å². The molecule has 0 aliphatic carbocycles. The Morgan fingerprint density at radius 1 is 1.44 bits per heavy atom.